The second-order valence-corrected chi connectivity index (χ2v) is 16.2. The Morgan fingerprint density at radius 2 is 0.852 bits per heavy atom. The van der Waals surface area contributed by atoms with Crippen molar-refractivity contribution in [3.05, 3.63) is 0 Å². The van der Waals surface area contributed by atoms with E-state index in [2.05, 4.69) is 23.6 Å². The molecule has 8 nitrogen and oxygen atoms in total. The van der Waals surface area contributed by atoms with E-state index in [1.165, 1.54) is 128 Å². The van der Waals surface area contributed by atoms with E-state index in [0.717, 1.165) is 71.1 Å². The van der Waals surface area contributed by atoms with E-state index >= 15 is 0 Å². The number of carbonyl (C=O) groups excluding carboxylic acids is 3. The highest BCUT2D eigenvalue weighted by Gasteiger charge is 2.21. The van der Waals surface area contributed by atoms with Gasteiger partial charge in [0.1, 0.15) is 0 Å². The van der Waals surface area contributed by atoms with Gasteiger partial charge in [0.15, 0.2) is 0 Å². The molecule has 0 spiro atoms. The molecule has 0 bridgehead atoms. The van der Waals surface area contributed by atoms with Crippen molar-refractivity contribution in [1.29, 1.82) is 0 Å². The summed E-state index contributed by atoms with van der Waals surface area (Å²) in [6, 6.07) is 0. The SMILES string of the molecule is CCCCCCCCCCCCCCOC(=O)CCN(CCC(=O)OCCCCCCCCCCCCCC)CCC1CCN(CCC(=O)OCC)CC1. The molecule has 0 radical (unpaired) electrons. The van der Waals surface area contributed by atoms with Crippen LogP contribution in [0.15, 0.2) is 0 Å². The fourth-order valence-electron chi connectivity index (χ4n) is 7.58. The first kappa shape index (κ1) is 50.3. The summed E-state index contributed by atoms with van der Waals surface area (Å²) in [5.41, 5.74) is 0. The zero-order chi connectivity index (χ0) is 39.2. The smallest absolute Gasteiger partial charge is 0.307 e. The standard InChI is InChI=1S/C46H88N2O6/c1-4-7-9-11-13-15-17-19-21-23-25-27-41-53-45(50)33-39-48(37-31-43-29-35-47(36-30-43)38-32-44(49)52-6-3)40-34-46(51)54-42-28-26-24-22-20-18-16-14-12-10-8-5-2/h43H,4-42H2,1-3H3. The predicted octanol–water partition coefficient (Wildman–Crippen LogP) is 11.6. The van der Waals surface area contributed by atoms with E-state index in [9.17, 15) is 14.4 Å². The molecule has 1 aliphatic rings. The summed E-state index contributed by atoms with van der Waals surface area (Å²) >= 11 is 0. The molecule has 1 aliphatic heterocycles. The van der Waals surface area contributed by atoms with Crippen molar-refractivity contribution in [2.24, 2.45) is 5.92 Å². The first-order valence-electron chi connectivity index (χ1n) is 23.4. The van der Waals surface area contributed by atoms with Crippen LogP contribution in [-0.2, 0) is 28.6 Å². The molecule has 54 heavy (non-hydrogen) atoms. The second-order valence-electron chi connectivity index (χ2n) is 16.2. The minimum Gasteiger partial charge on any atom is -0.466 e. The number of ether oxygens (including phenoxy) is 3. The molecule has 318 valence electrons. The molecule has 0 unspecified atom stereocenters. The molecule has 0 amide bonds. The largest absolute Gasteiger partial charge is 0.466 e. The summed E-state index contributed by atoms with van der Waals surface area (Å²) < 4.78 is 16.3. The minimum absolute atomic E-state index is 0.115. The number of hydrogen-bond acceptors (Lipinski definition) is 8. The molecule has 0 atom stereocenters. The fraction of sp³-hybridized carbons (Fsp3) is 0.935. The summed E-state index contributed by atoms with van der Waals surface area (Å²) in [6.07, 6.45) is 35.4. The van der Waals surface area contributed by atoms with Gasteiger partial charge >= 0.3 is 17.9 Å². The Morgan fingerprint density at radius 3 is 1.24 bits per heavy atom. The van der Waals surface area contributed by atoms with Crippen LogP contribution in [-0.4, -0.2) is 86.8 Å². The average Bonchev–Trinajstić information content (AvgIpc) is 3.17. The van der Waals surface area contributed by atoms with Crippen molar-refractivity contribution < 1.29 is 28.6 Å². The number of unbranched alkanes of at least 4 members (excludes halogenated alkanes) is 22. The molecule has 1 heterocycles. The molecule has 1 fully saturated rings. The van der Waals surface area contributed by atoms with Crippen LogP contribution in [0, 0.1) is 5.92 Å². The van der Waals surface area contributed by atoms with Crippen molar-refractivity contribution in [1.82, 2.24) is 9.80 Å². The molecule has 0 aromatic rings. The second kappa shape index (κ2) is 38.2. The van der Waals surface area contributed by atoms with Gasteiger partial charge in [-0.2, -0.15) is 0 Å². The molecular formula is C46H88N2O6. The lowest BCUT2D eigenvalue weighted by molar-refractivity contribution is -0.145. The third-order valence-electron chi connectivity index (χ3n) is 11.3. The molecule has 0 aliphatic carbocycles. The van der Waals surface area contributed by atoms with Gasteiger partial charge in [-0.1, -0.05) is 155 Å². The fourth-order valence-corrected chi connectivity index (χ4v) is 7.58. The van der Waals surface area contributed by atoms with Crippen LogP contribution < -0.4 is 0 Å². The van der Waals surface area contributed by atoms with Crippen molar-refractivity contribution in [3.8, 4) is 0 Å². The van der Waals surface area contributed by atoms with Gasteiger partial charge in [0.05, 0.1) is 39.1 Å². The lowest BCUT2D eigenvalue weighted by Gasteiger charge is -2.33. The maximum Gasteiger partial charge on any atom is 0.307 e. The highest BCUT2D eigenvalue weighted by molar-refractivity contribution is 5.70. The van der Waals surface area contributed by atoms with Gasteiger partial charge < -0.3 is 24.0 Å². The maximum atomic E-state index is 12.7. The molecule has 0 saturated carbocycles. The normalized spacial score (nSPS) is 13.8. The van der Waals surface area contributed by atoms with Crippen LogP contribution in [0.25, 0.3) is 0 Å². The third-order valence-corrected chi connectivity index (χ3v) is 11.3. The minimum atomic E-state index is -0.132. The maximum absolute atomic E-state index is 12.7. The van der Waals surface area contributed by atoms with Gasteiger partial charge in [-0.15, -0.1) is 0 Å². The lowest BCUT2D eigenvalue weighted by Crippen LogP contribution is -2.37. The Hall–Kier alpha value is -1.67. The van der Waals surface area contributed by atoms with E-state index in [4.69, 9.17) is 14.2 Å². The average molecular weight is 765 g/mol. The van der Waals surface area contributed by atoms with Crippen LogP contribution in [0.4, 0.5) is 0 Å². The van der Waals surface area contributed by atoms with E-state index < -0.39 is 0 Å². The number of likely N-dealkylation sites (tertiary alicyclic amines) is 1. The topological polar surface area (TPSA) is 85.4 Å². The van der Waals surface area contributed by atoms with Gasteiger partial charge in [-0.3, -0.25) is 14.4 Å². The number of nitrogens with zero attached hydrogens (tertiary/aromatic N) is 2. The number of esters is 3. The molecule has 1 rings (SSSR count). The predicted molar refractivity (Wildman–Crippen MR) is 225 cm³/mol. The zero-order valence-electron chi connectivity index (χ0n) is 36.0. The van der Waals surface area contributed by atoms with Crippen molar-refractivity contribution >= 4 is 17.9 Å². The van der Waals surface area contributed by atoms with Crippen LogP contribution in [0.3, 0.4) is 0 Å². The highest BCUT2D eigenvalue weighted by Crippen LogP contribution is 2.21. The van der Waals surface area contributed by atoms with E-state index in [0.29, 0.717) is 58.1 Å². The Morgan fingerprint density at radius 1 is 0.481 bits per heavy atom. The van der Waals surface area contributed by atoms with Crippen molar-refractivity contribution in [2.75, 3.05) is 59.1 Å². The highest BCUT2D eigenvalue weighted by atomic mass is 16.5. The van der Waals surface area contributed by atoms with Gasteiger partial charge in [-0.25, -0.2) is 0 Å². The van der Waals surface area contributed by atoms with Crippen molar-refractivity contribution in [2.45, 2.75) is 213 Å². The molecule has 8 heteroatoms. The molecule has 0 aromatic heterocycles. The zero-order valence-corrected chi connectivity index (χ0v) is 36.0. The Labute approximate surface area is 334 Å². The molecule has 0 aromatic carbocycles. The summed E-state index contributed by atoms with van der Waals surface area (Å²) in [7, 11) is 0. The number of hydrogen-bond donors (Lipinski definition) is 0. The van der Waals surface area contributed by atoms with Gasteiger partial charge in [0, 0.05) is 19.6 Å². The van der Waals surface area contributed by atoms with Gasteiger partial charge in [0.25, 0.3) is 0 Å². The number of rotatable bonds is 39. The van der Waals surface area contributed by atoms with E-state index in [-0.39, 0.29) is 17.9 Å². The summed E-state index contributed by atoms with van der Waals surface area (Å²) in [5, 5.41) is 0. The summed E-state index contributed by atoms with van der Waals surface area (Å²) in [6.45, 7) is 12.7. The third kappa shape index (κ3) is 32.6. The lowest BCUT2D eigenvalue weighted by atomic mass is 9.93. The molecule has 0 N–H and O–H groups in total. The Kier molecular flexibility index (Phi) is 35.6. The van der Waals surface area contributed by atoms with Crippen LogP contribution in [0.2, 0.25) is 0 Å². The Balaban J connectivity index is 2.29. The van der Waals surface area contributed by atoms with Gasteiger partial charge in [0.2, 0.25) is 0 Å². The summed E-state index contributed by atoms with van der Waals surface area (Å²) in [5.74, 6) is 0.234. The number of piperidine rings is 1. The monoisotopic (exact) mass is 765 g/mol. The molecule has 1 saturated heterocycles. The quantitative estimate of drug-likeness (QED) is 0.0347. The number of carbonyl (C=O) groups is 3. The summed E-state index contributed by atoms with van der Waals surface area (Å²) in [4.78, 5) is 41.7. The van der Waals surface area contributed by atoms with Crippen LogP contribution >= 0.6 is 0 Å². The first-order valence-corrected chi connectivity index (χ1v) is 23.4. The van der Waals surface area contributed by atoms with E-state index in [1.807, 2.05) is 6.92 Å². The Bertz CT molecular complexity index is 816. The molecular weight excluding hydrogens is 677 g/mol. The first-order chi connectivity index (χ1) is 26.5. The van der Waals surface area contributed by atoms with Crippen molar-refractivity contribution in [3.63, 3.8) is 0 Å². The van der Waals surface area contributed by atoms with Gasteiger partial charge in [-0.05, 0) is 64.6 Å². The van der Waals surface area contributed by atoms with Crippen LogP contribution in [0.1, 0.15) is 213 Å². The van der Waals surface area contributed by atoms with E-state index in [1.54, 1.807) is 0 Å². The van der Waals surface area contributed by atoms with Crippen LogP contribution in [0.5, 0.6) is 0 Å².